The predicted molar refractivity (Wildman–Crippen MR) is 59.5 cm³/mol. The molecule has 2 heterocycles. The lowest BCUT2D eigenvalue weighted by molar-refractivity contribution is -0.135. The van der Waals surface area contributed by atoms with E-state index in [9.17, 15) is 9.59 Å². The Labute approximate surface area is 96.7 Å². The zero-order valence-electron chi connectivity index (χ0n) is 8.60. The van der Waals surface area contributed by atoms with E-state index in [1.54, 1.807) is 16.2 Å². The number of aliphatic carboxylic acids is 1. The lowest BCUT2D eigenvalue weighted by atomic mass is 10.1. The van der Waals surface area contributed by atoms with Crippen LogP contribution in [0, 0.1) is 0 Å². The maximum absolute atomic E-state index is 11.6. The topological polar surface area (TPSA) is 69.6 Å². The molecular weight excluding hydrogens is 228 g/mol. The fraction of sp³-hybridized carbons (Fsp3) is 0.400. The zero-order valence-corrected chi connectivity index (χ0v) is 9.42. The Morgan fingerprint density at radius 2 is 2.38 bits per heavy atom. The first-order chi connectivity index (χ1) is 7.66. The molecule has 6 heteroatoms. The summed E-state index contributed by atoms with van der Waals surface area (Å²) < 4.78 is 0. The number of hydrogen-bond acceptors (Lipinski definition) is 3. The molecule has 1 aliphatic rings. The molecule has 0 saturated carbocycles. The van der Waals surface area contributed by atoms with Crippen LogP contribution >= 0.6 is 11.3 Å². The van der Waals surface area contributed by atoms with Gasteiger partial charge in [0, 0.05) is 18.0 Å². The molecule has 86 valence electrons. The molecule has 0 aromatic carbocycles. The van der Waals surface area contributed by atoms with Crippen LogP contribution in [-0.4, -0.2) is 35.1 Å². The van der Waals surface area contributed by atoms with Gasteiger partial charge in [-0.1, -0.05) is 0 Å². The molecule has 0 saturated heterocycles. The van der Waals surface area contributed by atoms with Gasteiger partial charge in [0.2, 0.25) is 0 Å². The van der Waals surface area contributed by atoms with Gasteiger partial charge >= 0.3 is 12.0 Å². The summed E-state index contributed by atoms with van der Waals surface area (Å²) >= 11 is 1.70. The van der Waals surface area contributed by atoms with E-state index in [1.165, 1.54) is 10.4 Å². The van der Waals surface area contributed by atoms with Crippen molar-refractivity contribution in [2.45, 2.75) is 13.0 Å². The second kappa shape index (κ2) is 4.52. The lowest BCUT2D eigenvalue weighted by Gasteiger charge is -2.26. The number of nitrogens with one attached hydrogen (secondary N) is 1. The quantitative estimate of drug-likeness (QED) is 0.807. The Kier molecular flexibility index (Phi) is 3.09. The molecule has 2 N–H and O–H groups in total. The smallest absolute Gasteiger partial charge is 0.323 e. The number of nitrogens with zero attached hydrogens (tertiary/aromatic N) is 1. The predicted octanol–water partition coefficient (Wildman–Crippen LogP) is 0.900. The van der Waals surface area contributed by atoms with Gasteiger partial charge in [-0.05, 0) is 23.4 Å². The first kappa shape index (κ1) is 10.9. The fourth-order valence-corrected chi connectivity index (χ4v) is 2.57. The molecule has 0 fully saturated rings. The summed E-state index contributed by atoms with van der Waals surface area (Å²) in [5, 5.41) is 12.8. The SMILES string of the molecule is O=C(O)CNC(=O)N1CCc2sccc2C1. The monoisotopic (exact) mass is 240 g/mol. The van der Waals surface area contributed by atoms with Crippen LogP contribution in [0.4, 0.5) is 4.79 Å². The Balaban J connectivity index is 1.93. The summed E-state index contributed by atoms with van der Waals surface area (Å²) in [6, 6.07) is 1.70. The highest BCUT2D eigenvalue weighted by atomic mass is 32.1. The number of amides is 2. The molecule has 0 unspecified atom stereocenters. The average Bonchev–Trinajstić information content (AvgIpc) is 2.72. The normalized spacial score (nSPS) is 14.4. The highest BCUT2D eigenvalue weighted by molar-refractivity contribution is 7.10. The van der Waals surface area contributed by atoms with E-state index >= 15 is 0 Å². The van der Waals surface area contributed by atoms with E-state index < -0.39 is 5.97 Å². The zero-order chi connectivity index (χ0) is 11.5. The van der Waals surface area contributed by atoms with Crippen LogP contribution in [0.3, 0.4) is 0 Å². The second-order valence-electron chi connectivity index (χ2n) is 3.59. The molecule has 1 aliphatic heterocycles. The number of hydrogen-bond donors (Lipinski definition) is 2. The third kappa shape index (κ3) is 2.33. The van der Waals surface area contributed by atoms with Gasteiger partial charge in [-0.15, -0.1) is 11.3 Å². The molecule has 16 heavy (non-hydrogen) atoms. The summed E-state index contributed by atoms with van der Waals surface area (Å²) in [5.41, 5.74) is 1.17. The average molecular weight is 240 g/mol. The Morgan fingerprint density at radius 3 is 3.12 bits per heavy atom. The third-order valence-electron chi connectivity index (χ3n) is 2.49. The Bertz CT molecular complexity index is 416. The van der Waals surface area contributed by atoms with Crippen molar-refractivity contribution < 1.29 is 14.7 Å². The highest BCUT2D eigenvalue weighted by Crippen LogP contribution is 2.23. The van der Waals surface area contributed by atoms with E-state index in [0.29, 0.717) is 13.1 Å². The number of urea groups is 1. The molecule has 0 aliphatic carbocycles. The van der Waals surface area contributed by atoms with Gasteiger partial charge in [0.25, 0.3) is 0 Å². The minimum Gasteiger partial charge on any atom is -0.480 e. The van der Waals surface area contributed by atoms with Gasteiger partial charge in [0.15, 0.2) is 0 Å². The summed E-state index contributed by atoms with van der Waals surface area (Å²) in [6.07, 6.45) is 0.855. The molecule has 0 atom stereocenters. The van der Waals surface area contributed by atoms with Crippen LogP contribution in [0.2, 0.25) is 0 Å². The van der Waals surface area contributed by atoms with Crippen molar-refractivity contribution in [2.75, 3.05) is 13.1 Å². The lowest BCUT2D eigenvalue weighted by Crippen LogP contribution is -2.44. The van der Waals surface area contributed by atoms with Crippen molar-refractivity contribution in [3.63, 3.8) is 0 Å². The molecule has 0 spiro atoms. The molecule has 5 nitrogen and oxygen atoms in total. The van der Waals surface area contributed by atoms with Gasteiger partial charge in [-0.25, -0.2) is 4.79 Å². The summed E-state index contributed by atoms with van der Waals surface area (Å²) in [7, 11) is 0. The second-order valence-corrected chi connectivity index (χ2v) is 4.59. The number of thiophene rings is 1. The maximum Gasteiger partial charge on any atom is 0.323 e. The number of carboxylic acids is 1. The van der Waals surface area contributed by atoms with E-state index in [4.69, 9.17) is 5.11 Å². The van der Waals surface area contributed by atoms with Crippen molar-refractivity contribution >= 4 is 23.3 Å². The first-order valence-corrected chi connectivity index (χ1v) is 5.84. The molecule has 0 radical (unpaired) electrons. The number of fused-ring (bicyclic) bond motifs is 1. The number of rotatable bonds is 2. The molecule has 1 aromatic rings. The van der Waals surface area contributed by atoms with Gasteiger partial charge in [0.1, 0.15) is 6.54 Å². The molecular formula is C10H12N2O3S. The Morgan fingerprint density at radius 1 is 1.56 bits per heavy atom. The van der Waals surface area contributed by atoms with Crippen LogP contribution in [-0.2, 0) is 17.8 Å². The van der Waals surface area contributed by atoms with Crippen molar-refractivity contribution in [1.82, 2.24) is 10.2 Å². The van der Waals surface area contributed by atoms with Crippen LogP contribution < -0.4 is 5.32 Å². The minimum absolute atomic E-state index is 0.306. The van der Waals surface area contributed by atoms with Gasteiger partial charge in [-0.2, -0.15) is 0 Å². The van der Waals surface area contributed by atoms with Crippen molar-refractivity contribution in [3.05, 3.63) is 21.9 Å². The van der Waals surface area contributed by atoms with Gasteiger partial charge < -0.3 is 15.3 Å². The third-order valence-corrected chi connectivity index (χ3v) is 3.51. The number of carboxylic acid groups (broad SMARTS) is 1. The van der Waals surface area contributed by atoms with Crippen molar-refractivity contribution in [1.29, 1.82) is 0 Å². The number of carbonyl (C=O) groups excluding carboxylic acids is 1. The minimum atomic E-state index is -1.03. The molecule has 0 bridgehead atoms. The van der Waals surface area contributed by atoms with Gasteiger partial charge in [-0.3, -0.25) is 4.79 Å². The standard InChI is InChI=1S/C10H12N2O3S/c13-9(14)5-11-10(15)12-3-1-8-7(6-12)2-4-16-8/h2,4H,1,3,5-6H2,(H,11,15)(H,13,14). The molecule has 2 rings (SSSR count). The molecule has 1 aromatic heterocycles. The van der Waals surface area contributed by atoms with Crippen molar-refractivity contribution in [2.24, 2.45) is 0 Å². The first-order valence-electron chi connectivity index (χ1n) is 4.96. The molecule has 2 amide bonds. The summed E-state index contributed by atoms with van der Waals surface area (Å²) in [6.45, 7) is 0.898. The van der Waals surface area contributed by atoms with Crippen LogP contribution in [0.25, 0.3) is 0 Å². The van der Waals surface area contributed by atoms with Crippen LogP contribution in [0.5, 0.6) is 0 Å². The maximum atomic E-state index is 11.6. The highest BCUT2D eigenvalue weighted by Gasteiger charge is 2.21. The number of carbonyl (C=O) groups is 2. The largest absolute Gasteiger partial charge is 0.480 e. The summed E-state index contributed by atoms with van der Waals surface area (Å²) in [4.78, 5) is 24.9. The van der Waals surface area contributed by atoms with Gasteiger partial charge in [0.05, 0.1) is 0 Å². The van der Waals surface area contributed by atoms with E-state index in [0.717, 1.165) is 6.42 Å². The van der Waals surface area contributed by atoms with Crippen LogP contribution in [0.15, 0.2) is 11.4 Å². The van der Waals surface area contributed by atoms with Crippen molar-refractivity contribution in [3.8, 4) is 0 Å². The van der Waals surface area contributed by atoms with Crippen LogP contribution in [0.1, 0.15) is 10.4 Å². The van der Waals surface area contributed by atoms with E-state index in [2.05, 4.69) is 5.32 Å². The Hall–Kier alpha value is -1.56. The van der Waals surface area contributed by atoms with E-state index in [-0.39, 0.29) is 12.6 Å². The van der Waals surface area contributed by atoms with E-state index in [1.807, 2.05) is 11.4 Å². The fourth-order valence-electron chi connectivity index (χ4n) is 1.68. The summed E-state index contributed by atoms with van der Waals surface area (Å²) in [5.74, 6) is -1.03.